The number of rotatable bonds is 4. The maximum absolute atomic E-state index is 11.3. The zero-order chi connectivity index (χ0) is 13.9. The largest absolute Gasteiger partial charge is 0.356 e. The highest BCUT2D eigenvalue weighted by Gasteiger charge is 2.05. The minimum atomic E-state index is -3.14. The van der Waals surface area contributed by atoms with E-state index in [9.17, 15) is 8.42 Å². The molecule has 0 radical (unpaired) electrons. The van der Waals surface area contributed by atoms with Gasteiger partial charge in [-0.15, -0.1) is 11.6 Å². The topological polar surface area (TPSA) is 46.2 Å². The minimum absolute atomic E-state index is 0.315. The molecule has 0 bridgehead atoms. The lowest BCUT2D eigenvalue weighted by atomic mass is 10.2. The molecule has 0 aliphatic carbocycles. The van der Waals surface area contributed by atoms with Crippen LogP contribution in [0.4, 0.5) is 11.4 Å². The van der Waals surface area contributed by atoms with E-state index < -0.39 is 9.84 Å². The molecule has 5 heteroatoms. The van der Waals surface area contributed by atoms with Gasteiger partial charge in [-0.05, 0) is 42.0 Å². The van der Waals surface area contributed by atoms with E-state index in [2.05, 4.69) is 5.32 Å². The summed E-state index contributed by atoms with van der Waals surface area (Å²) in [6, 6.07) is 14.4. The Morgan fingerprint density at radius 3 is 1.84 bits per heavy atom. The van der Waals surface area contributed by atoms with Gasteiger partial charge in [0.05, 0.1) is 4.90 Å². The van der Waals surface area contributed by atoms with Crippen molar-refractivity contribution in [1.29, 1.82) is 0 Å². The fourth-order valence-corrected chi connectivity index (χ4v) is 2.44. The fourth-order valence-electron chi connectivity index (χ4n) is 1.63. The van der Waals surface area contributed by atoms with Crippen LogP contribution in [-0.2, 0) is 15.7 Å². The van der Waals surface area contributed by atoms with Gasteiger partial charge >= 0.3 is 0 Å². The minimum Gasteiger partial charge on any atom is -0.356 e. The van der Waals surface area contributed by atoms with Crippen molar-refractivity contribution in [2.75, 3.05) is 11.6 Å². The summed E-state index contributed by atoms with van der Waals surface area (Å²) in [6.45, 7) is 0. The van der Waals surface area contributed by atoms with Crippen LogP contribution < -0.4 is 5.32 Å². The van der Waals surface area contributed by atoms with Gasteiger partial charge in [-0.25, -0.2) is 8.42 Å². The molecule has 19 heavy (non-hydrogen) atoms. The average Bonchev–Trinajstić information content (AvgIpc) is 2.39. The van der Waals surface area contributed by atoms with E-state index >= 15 is 0 Å². The van der Waals surface area contributed by atoms with Gasteiger partial charge in [0.25, 0.3) is 0 Å². The van der Waals surface area contributed by atoms with Crippen molar-refractivity contribution in [1.82, 2.24) is 0 Å². The van der Waals surface area contributed by atoms with Gasteiger partial charge in [0.2, 0.25) is 0 Å². The highest BCUT2D eigenvalue weighted by molar-refractivity contribution is 7.90. The van der Waals surface area contributed by atoms with Crippen molar-refractivity contribution in [2.45, 2.75) is 10.8 Å². The molecule has 0 heterocycles. The molecule has 0 aliphatic rings. The van der Waals surface area contributed by atoms with E-state index in [1.54, 1.807) is 24.3 Å². The molecule has 0 saturated carbocycles. The summed E-state index contributed by atoms with van der Waals surface area (Å²) >= 11 is 5.72. The molecule has 0 aromatic heterocycles. The molecule has 0 amide bonds. The van der Waals surface area contributed by atoms with Crippen LogP contribution >= 0.6 is 11.6 Å². The Labute approximate surface area is 118 Å². The highest BCUT2D eigenvalue weighted by Crippen LogP contribution is 2.19. The molecule has 1 N–H and O–H groups in total. The van der Waals surface area contributed by atoms with Gasteiger partial charge in [0, 0.05) is 23.5 Å². The fraction of sp³-hybridized carbons (Fsp3) is 0.143. The maximum atomic E-state index is 11.3. The van der Waals surface area contributed by atoms with Crippen LogP contribution in [0.15, 0.2) is 53.4 Å². The molecule has 3 nitrogen and oxygen atoms in total. The Morgan fingerprint density at radius 1 is 0.947 bits per heavy atom. The molecule has 0 aliphatic heterocycles. The van der Waals surface area contributed by atoms with Crippen molar-refractivity contribution in [2.24, 2.45) is 0 Å². The Hall–Kier alpha value is -1.52. The molecule has 0 atom stereocenters. The number of alkyl halides is 1. The first-order valence-corrected chi connectivity index (χ1v) is 8.14. The number of nitrogens with one attached hydrogen (secondary N) is 1. The molecule has 2 rings (SSSR count). The Kier molecular flexibility index (Phi) is 4.12. The Bertz CT molecular complexity index is 649. The van der Waals surface area contributed by atoms with E-state index in [0.717, 1.165) is 16.9 Å². The lowest BCUT2D eigenvalue weighted by molar-refractivity contribution is 0.602. The summed E-state index contributed by atoms with van der Waals surface area (Å²) in [5.41, 5.74) is 2.83. The molecular weight excluding hydrogens is 282 g/mol. The summed E-state index contributed by atoms with van der Waals surface area (Å²) < 4.78 is 22.7. The quantitative estimate of drug-likeness (QED) is 0.877. The van der Waals surface area contributed by atoms with Crippen molar-refractivity contribution in [3.8, 4) is 0 Å². The molecular formula is C14H14ClNO2S. The molecule has 0 unspecified atom stereocenters. The van der Waals surface area contributed by atoms with Gasteiger partial charge in [-0.3, -0.25) is 0 Å². The van der Waals surface area contributed by atoms with E-state index in [4.69, 9.17) is 11.6 Å². The van der Waals surface area contributed by atoms with Gasteiger partial charge in [0.15, 0.2) is 9.84 Å². The average molecular weight is 296 g/mol. The molecule has 0 saturated heterocycles. The smallest absolute Gasteiger partial charge is 0.175 e. The molecule has 100 valence electrons. The van der Waals surface area contributed by atoms with Crippen LogP contribution in [0, 0.1) is 0 Å². The van der Waals surface area contributed by atoms with E-state index in [1.165, 1.54) is 6.26 Å². The van der Waals surface area contributed by atoms with Crippen molar-refractivity contribution in [3.63, 3.8) is 0 Å². The van der Waals surface area contributed by atoms with Crippen LogP contribution in [0.1, 0.15) is 5.56 Å². The number of anilines is 2. The number of hydrogen-bond acceptors (Lipinski definition) is 3. The zero-order valence-electron chi connectivity index (χ0n) is 10.4. The van der Waals surface area contributed by atoms with Crippen LogP contribution in [0.25, 0.3) is 0 Å². The summed E-state index contributed by atoms with van der Waals surface area (Å²) in [4.78, 5) is 0.315. The molecule has 2 aromatic carbocycles. The van der Waals surface area contributed by atoms with Gasteiger partial charge in [0.1, 0.15) is 0 Å². The van der Waals surface area contributed by atoms with E-state index in [0.29, 0.717) is 10.8 Å². The number of benzene rings is 2. The molecule has 2 aromatic rings. The lowest BCUT2D eigenvalue weighted by Gasteiger charge is -2.07. The summed E-state index contributed by atoms with van der Waals surface area (Å²) in [6.07, 6.45) is 1.19. The first-order chi connectivity index (χ1) is 8.99. The standard InChI is InChI=1S/C14H14ClNO2S/c1-19(17,18)14-8-6-13(7-9-14)16-12-4-2-11(10-15)3-5-12/h2-9,16H,10H2,1H3. The van der Waals surface area contributed by atoms with Crippen LogP contribution in [0.2, 0.25) is 0 Å². The third-order valence-electron chi connectivity index (χ3n) is 2.68. The SMILES string of the molecule is CS(=O)(=O)c1ccc(Nc2ccc(CCl)cc2)cc1. The number of hydrogen-bond donors (Lipinski definition) is 1. The second kappa shape index (κ2) is 5.63. The van der Waals surface area contributed by atoms with Crippen LogP contribution in [-0.4, -0.2) is 14.7 Å². The molecule has 0 fully saturated rings. The lowest BCUT2D eigenvalue weighted by Crippen LogP contribution is -1.97. The second-order valence-electron chi connectivity index (χ2n) is 4.25. The normalized spacial score (nSPS) is 11.3. The first kappa shape index (κ1) is 13.9. The van der Waals surface area contributed by atoms with E-state index in [1.807, 2.05) is 24.3 Å². The first-order valence-electron chi connectivity index (χ1n) is 5.71. The van der Waals surface area contributed by atoms with Gasteiger partial charge in [-0.2, -0.15) is 0 Å². The summed E-state index contributed by atoms with van der Waals surface area (Å²) in [7, 11) is -3.14. The van der Waals surface area contributed by atoms with Crippen LogP contribution in [0.3, 0.4) is 0 Å². The second-order valence-corrected chi connectivity index (χ2v) is 6.54. The number of sulfone groups is 1. The zero-order valence-corrected chi connectivity index (χ0v) is 12.0. The molecule has 0 spiro atoms. The number of halogens is 1. The third kappa shape index (κ3) is 3.72. The van der Waals surface area contributed by atoms with E-state index in [-0.39, 0.29) is 0 Å². The van der Waals surface area contributed by atoms with Crippen LogP contribution in [0.5, 0.6) is 0 Å². The summed E-state index contributed by atoms with van der Waals surface area (Å²) in [5, 5.41) is 3.20. The Balaban J connectivity index is 2.15. The monoisotopic (exact) mass is 295 g/mol. The maximum Gasteiger partial charge on any atom is 0.175 e. The van der Waals surface area contributed by atoms with Gasteiger partial charge in [-0.1, -0.05) is 12.1 Å². The third-order valence-corrected chi connectivity index (χ3v) is 4.12. The predicted molar refractivity (Wildman–Crippen MR) is 78.8 cm³/mol. The van der Waals surface area contributed by atoms with Crippen molar-refractivity contribution < 1.29 is 8.42 Å². The summed E-state index contributed by atoms with van der Waals surface area (Å²) in [5.74, 6) is 0.489. The van der Waals surface area contributed by atoms with Crippen molar-refractivity contribution >= 4 is 32.8 Å². The predicted octanol–water partition coefficient (Wildman–Crippen LogP) is 3.57. The van der Waals surface area contributed by atoms with Crippen molar-refractivity contribution in [3.05, 3.63) is 54.1 Å². The highest BCUT2D eigenvalue weighted by atomic mass is 35.5. The van der Waals surface area contributed by atoms with Gasteiger partial charge < -0.3 is 5.32 Å². The Morgan fingerprint density at radius 2 is 1.42 bits per heavy atom.